The molecule has 1 spiro atoms. The normalized spacial score (nSPS) is 21.9. The highest BCUT2D eigenvalue weighted by molar-refractivity contribution is 5.75. The summed E-state index contributed by atoms with van der Waals surface area (Å²) in [6.45, 7) is 7.51. The van der Waals surface area contributed by atoms with Gasteiger partial charge < -0.3 is 19.6 Å². The molecule has 1 aromatic heterocycles. The zero-order valence-corrected chi connectivity index (χ0v) is 20.5. The lowest BCUT2D eigenvalue weighted by molar-refractivity contribution is -0.00294. The molecule has 0 unspecified atom stereocenters. The SMILES string of the molecule is CCOC(=O)N1CC2(CC[C@@H](N3CCN(c4cc(F)cnc4-c4cccc(CCO)c4)CC3)C2)C1. The van der Waals surface area contributed by atoms with Crippen molar-refractivity contribution in [1.82, 2.24) is 14.8 Å². The summed E-state index contributed by atoms with van der Waals surface area (Å²) in [7, 11) is 0. The van der Waals surface area contributed by atoms with Crippen LogP contribution in [0.4, 0.5) is 14.9 Å². The van der Waals surface area contributed by atoms with Crippen LogP contribution in [-0.2, 0) is 11.2 Å². The summed E-state index contributed by atoms with van der Waals surface area (Å²) in [4.78, 5) is 23.1. The largest absolute Gasteiger partial charge is 0.450 e. The quantitative estimate of drug-likeness (QED) is 0.679. The number of ether oxygens (including phenoxy) is 1. The molecule has 3 heterocycles. The van der Waals surface area contributed by atoms with Crippen LogP contribution in [0.3, 0.4) is 0 Å². The molecular formula is C27H35FN4O3. The molecule has 3 aliphatic rings. The molecule has 3 fully saturated rings. The fraction of sp³-hybridized carbons (Fsp3) is 0.556. The molecule has 0 radical (unpaired) electrons. The number of pyridine rings is 1. The van der Waals surface area contributed by atoms with Crippen molar-refractivity contribution in [1.29, 1.82) is 0 Å². The summed E-state index contributed by atoms with van der Waals surface area (Å²) in [5.41, 5.74) is 3.86. The van der Waals surface area contributed by atoms with E-state index in [-0.39, 0.29) is 23.9 Å². The second kappa shape index (κ2) is 10.1. The van der Waals surface area contributed by atoms with E-state index in [1.165, 1.54) is 12.6 Å². The average molecular weight is 483 g/mol. The van der Waals surface area contributed by atoms with Crippen molar-refractivity contribution >= 4 is 11.8 Å². The smallest absolute Gasteiger partial charge is 0.409 e. The Hall–Kier alpha value is -2.71. The van der Waals surface area contributed by atoms with Crippen LogP contribution in [0.5, 0.6) is 0 Å². The van der Waals surface area contributed by atoms with Gasteiger partial charge in [0.15, 0.2) is 0 Å². The number of aromatic nitrogens is 1. The summed E-state index contributed by atoms with van der Waals surface area (Å²) >= 11 is 0. The van der Waals surface area contributed by atoms with E-state index in [4.69, 9.17) is 4.74 Å². The second-order valence-corrected chi connectivity index (χ2v) is 10.2. The van der Waals surface area contributed by atoms with E-state index < -0.39 is 0 Å². The van der Waals surface area contributed by atoms with Gasteiger partial charge in [0.2, 0.25) is 0 Å². The third-order valence-corrected chi connectivity index (χ3v) is 7.86. The van der Waals surface area contributed by atoms with Gasteiger partial charge in [-0.1, -0.05) is 18.2 Å². The number of likely N-dealkylation sites (tertiary alicyclic amines) is 1. The molecular weight excluding hydrogens is 447 g/mol. The van der Waals surface area contributed by atoms with Crippen LogP contribution >= 0.6 is 0 Å². The Morgan fingerprint density at radius 2 is 2.03 bits per heavy atom. The zero-order valence-electron chi connectivity index (χ0n) is 20.5. The predicted molar refractivity (Wildman–Crippen MR) is 133 cm³/mol. The van der Waals surface area contributed by atoms with E-state index >= 15 is 0 Å². The van der Waals surface area contributed by atoms with Gasteiger partial charge in [-0.2, -0.15) is 0 Å². The van der Waals surface area contributed by atoms with E-state index in [9.17, 15) is 14.3 Å². The molecule has 1 saturated carbocycles. The lowest BCUT2D eigenvalue weighted by Crippen LogP contribution is -2.58. The molecule has 5 rings (SSSR count). The molecule has 1 amide bonds. The number of halogens is 1. The number of aliphatic hydroxyl groups is 1. The van der Waals surface area contributed by atoms with Crippen molar-refractivity contribution in [2.45, 2.75) is 38.6 Å². The van der Waals surface area contributed by atoms with Crippen LogP contribution in [-0.4, -0.2) is 84.5 Å². The van der Waals surface area contributed by atoms with Crippen LogP contribution < -0.4 is 4.90 Å². The molecule has 2 saturated heterocycles. The number of carbonyl (C=O) groups excluding carboxylic acids is 1. The highest BCUT2D eigenvalue weighted by atomic mass is 19.1. The number of hydrogen-bond donors (Lipinski definition) is 1. The summed E-state index contributed by atoms with van der Waals surface area (Å²) in [6.07, 6.45) is 5.15. The van der Waals surface area contributed by atoms with Crippen LogP contribution in [0, 0.1) is 11.2 Å². The van der Waals surface area contributed by atoms with E-state index in [0.717, 1.165) is 74.6 Å². The number of nitrogens with zero attached hydrogens (tertiary/aromatic N) is 4. The average Bonchev–Trinajstić information content (AvgIpc) is 3.30. The van der Waals surface area contributed by atoms with E-state index in [1.807, 2.05) is 36.1 Å². The van der Waals surface area contributed by atoms with Crippen molar-refractivity contribution in [2.24, 2.45) is 5.41 Å². The van der Waals surface area contributed by atoms with Crippen LogP contribution in [0.1, 0.15) is 31.7 Å². The van der Waals surface area contributed by atoms with Gasteiger partial charge in [-0.05, 0) is 44.2 Å². The molecule has 0 bridgehead atoms. The Morgan fingerprint density at radius 1 is 1.23 bits per heavy atom. The van der Waals surface area contributed by atoms with E-state index in [1.54, 1.807) is 6.07 Å². The molecule has 1 N–H and O–H groups in total. The Labute approximate surface area is 206 Å². The third-order valence-electron chi connectivity index (χ3n) is 7.86. The maximum Gasteiger partial charge on any atom is 0.409 e. The van der Waals surface area contributed by atoms with Crippen molar-refractivity contribution in [3.63, 3.8) is 0 Å². The molecule has 188 valence electrons. The van der Waals surface area contributed by atoms with Crippen molar-refractivity contribution in [2.75, 3.05) is 57.4 Å². The zero-order chi connectivity index (χ0) is 24.4. The predicted octanol–water partition coefficient (Wildman–Crippen LogP) is 3.56. The van der Waals surface area contributed by atoms with E-state index in [2.05, 4.69) is 14.8 Å². The second-order valence-electron chi connectivity index (χ2n) is 10.2. The summed E-state index contributed by atoms with van der Waals surface area (Å²) < 4.78 is 19.4. The van der Waals surface area contributed by atoms with Crippen molar-refractivity contribution < 1.29 is 19.0 Å². The Balaban J connectivity index is 1.22. The van der Waals surface area contributed by atoms with Crippen LogP contribution in [0.15, 0.2) is 36.5 Å². The number of benzene rings is 1. The summed E-state index contributed by atoms with van der Waals surface area (Å²) in [5.74, 6) is -0.327. The van der Waals surface area contributed by atoms with Crippen LogP contribution in [0.25, 0.3) is 11.3 Å². The van der Waals surface area contributed by atoms with Gasteiger partial charge in [0.25, 0.3) is 0 Å². The number of rotatable bonds is 6. The van der Waals surface area contributed by atoms with Crippen molar-refractivity contribution in [3.8, 4) is 11.3 Å². The first kappa shape index (κ1) is 24.0. The topological polar surface area (TPSA) is 69.1 Å². The van der Waals surface area contributed by atoms with E-state index in [0.29, 0.717) is 19.1 Å². The minimum Gasteiger partial charge on any atom is -0.450 e. The standard InChI is InChI=1S/C27H35FN4O3/c1-2-35-26(34)32-18-27(19-32)8-6-23(16-27)30-9-11-31(12-10-30)24-15-22(28)17-29-25(24)21-5-3-4-20(14-21)7-13-33/h3-5,14-15,17,23,33H,2,6-13,16,18-19H2,1H3/t23-/m1/s1. The minimum absolute atomic E-state index is 0.0957. The Kier molecular flexibility index (Phi) is 6.93. The fourth-order valence-electron chi connectivity index (χ4n) is 6.11. The monoisotopic (exact) mass is 482 g/mol. The maximum atomic E-state index is 14.2. The molecule has 35 heavy (non-hydrogen) atoms. The molecule has 2 aromatic rings. The fourth-order valence-corrected chi connectivity index (χ4v) is 6.11. The maximum absolute atomic E-state index is 14.2. The number of aliphatic hydroxyl groups excluding tert-OH is 1. The van der Waals surface area contributed by atoms with Gasteiger partial charge in [-0.25, -0.2) is 9.18 Å². The lowest BCUT2D eigenvalue weighted by atomic mass is 9.78. The molecule has 1 aromatic carbocycles. The molecule has 1 atom stereocenters. The van der Waals surface area contributed by atoms with Gasteiger partial charge in [0.1, 0.15) is 5.82 Å². The number of carbonyl (C=O) groups is 1. The summed E-state index contributed by atoms with van der Waals surface area (Å²) in [6, 6.07) is 10.1. The Bertz CT molecular complexity index is 1050. The summed E-state index contributed by atoms with van der Waals surface area (Å²) in [5, 5.41) is 9.30. The number of piperazine rings is 1. The Morgan fingerprint density at radius 3 is 2.77 bits per heavy atom. The highest BCUT2D eigenvalue weighted by Crippen LogP contribution is 2.47. The minimum atomic E-state index is -0.327. The molecule has 2 aliphatic heterocycles. The first-order chi connectivity index (χ1) is 17.0. The molecule has 8 heteroatoms. The third kappa shape index (κ3) is 5.00. The number of anilines is 1. The number of amides is 1. The number of hydrogen-bond acceptors (Lipinski definition) is 6. The van der Waals surface area contributed by atoms with Gasteiger partial charge in [0.05, 0.1) is 24.2 Å². The van der Waals surface area contributed by atoms with Gasteiger partial charge in [-0.3, -0.25) is 9.88 Å². The van der Waals surface area contributed by atoms with Crippen molar-refractivity contribution in [3.05, 3.63) is 47.9 Å². The van der Waals surface area contributed by atoms with Crippen LogP contribution in [0.2, 0.25) is 0 Å². The molecule has 7 nitrogen and oxygen atoms in total. The highest BCUT2D eigenvalue weighted by Gasteiger charge is 2.51. The first-order valence-corrected chi connectivity index (χ1v) is 12.8. The van der Waals surface area contributed by atoms with Gasteiger partial charge in [0, 0.05) is 69.0 Å². The first-order valence-electron chi connectivity index (χ1n) is 12.8. The van der Waals surface area contributed by atoms with Gasteiger partial charge >= 0.3 is 6.09 Å². The lowest BCUT2D eigenvalue weighted by Gasteiger charge is -2.48. The van der Waals surface area contributed by atoms with Gasteiger partial charge in [-0.15, -0.1) is 0 Å². The molecule has 1 aliphatic carbocycles.